The first kappa shape index (κ1) is 13.1. The molecule has 0 aliphatic carbocycles. The highest BCUT2D eigenvalue weighted by Gasteiger charge is 2.28. The molecule has 1 N–H and O–H groups in total. The van der Waals surface area contributed by atoms with Crippen LogP contribution in [0.3, 0.4) is 0 Å². The summed E-state index contributed by atoms with van der Waals surface area (Å²) in [6.07, 6.45) is 1.70. The quantitative estimate of drug-likeness (QED) is 0.886. The zero-order chi connectivity index (χ0) is 13.1. The van der Waals surface area contributed by atoms with Crippen molar-refractivity contribution < 1.29 is 4.79 Å². The molecule has 1 aliphatic rings. The summed E-state index contributed by atoms with van der Waals surface area (Å²) in [4.78, 5) is 13.7. The van der Waals surface area contributed by atoms with Gasteiger partial charge in [0.1, 0.15) is 0 Å². The van der Waals surface area contributed by atoms with Gasteiger partial charge in [-0.3, -0.25) is 4.79 Å². The topological polar surface area (TPSA) is 32.3 Å². The molecule has 1 aliphatic heterocycles. The third-order valence-corrected chi connectivity index (χ3v) is 3.54. The Balaban J connectivity index is 2.12. The van der Waals surface area contributed by atoms with Crippen molar-refractivity contribution in [3.05, 3.63) is 29.8 Å². The zero-order valence-corrected chi connectivity index (χ0v) is 11.4. The average molecular weight is 246 g/mol. The van der Waals surface area contributed by atoms with Gasteiger partial charge in [0.25, 0.3) is 0 Å². The summed E-state index contributed by atoms with van der Waals surface area (Å²) in [6.45, 7) is 5.40. The Labute approximate surface area is 109 Å². The van der Waals surface area contributed by atoms with Crippen LogP contribution in [0.5, 0.6) is 0 Å². The van der Waals surface area contributed by atoms with Crippen molar-refractivity contribution in [1.82, 2.24) is 5.32 Å². The van der Waals surface area contributed by atoms with Crippen LogP contribution in [0.15, 0.2) is 24.3 Å². The monoisotopic (exact) mass is 246 g/mol. The number of hydrogen-bond acceptors (Lipinski definition) is 2. The molecule has 1 aromatic rings. The average Bonchev–Trinajstić information content (AvgIpc) is 2.35. The molecule has 1 aromatic carbocycles. The molecule has 0 saturated carbocycles. The zero-order valence-electron chi connectivity index (χ0n) is 11.4. The number of carbonyl (C=O) groups excluding carboxylic acids is 1. The molecule has 0 fully saturated rings. The van der Waals surface area contributed by atoms with Crippen LogP contribution in [0.25, 0.3) is 0 Å². The summed E-state index contributed by atoms with van der Waals surface area (Å²) in [5.74, 6) is 0.880. The van der Waals surface area contributed by atoms with Gasteiger partial charge in [0.15, 0.2) is 0 Å². The Morgan fingerprint density at radius 2 is 2.11 bits per heavy atom. The van der Waals surface area contributed by atoms with Crippen LogP contribution in [-0.2, 0) is 4.79 Å². The smallest absolute Gasteiger partial charge is 0.228 e. The van der Waals surface area contributed by atoms with Crippen LogP contribution in [0, 0.1) is 5.92 Å². The van der Waals surface area contributed by atoms with Crippen molar-refractivity contribution in [1.29, 1.82) is 0 Å². The maximum absolute atomic E-state index is 12.0. The van der Waals surface area contributed by atoms with E-state index in [4.69, 9.17) is 0 Å². The van der Waals surface area contributed by atoms with Crippen molar-refractivity contribution in [3.63, 3.8) is 0 Å². The van der Waals surface area contributed by atoms with E-state index in [0.29, 0.717) is 12.3 Å². The number of benzene rings is 1. The number of amides is 1. The molecule has 98 valence electrons. The lowest BCUT2D eigenvalue weighted by molar-refractivity contribution is -0.119. The molecule has 0 aromatic heterocycles. The second-order valence-electron chi connectivity index (χ2n) is 5.40. The molecule has 2 rings (SSSR count). The molecular weight excluding hydrogens is 224 g/mol. The lowest BCUT2D eigenvalue weighted by atomic mass is 9.96. The van der Waals surface area contributed by atoms with E-state index >= 15 is 0 Å². The van der Waals surface area contributed by atoms with E-state index in [-0.39, 0.29) is 11.9 Å². The molecule has 1 amide bonds. The number of carbonyl (C=O) groups is 1. The third kappa shape index (κ3) is 2.72. The summed E-state index contributed by atoms with van der Waals surface area (Å²) in [5, 5.41) is 3.51. The normalized spacial score (nSPS) is 19.2. The summed E-state index contributed by atoms with van der Waals surface area (Å²) < 4.78 is 0. The van der Waals surface area contributed by atoms with E-state index in [1.807, 2.05) is 25.2 Å². The van der Waals surface area contributed by atoms with Gasteiger partial charge in [-0.25, -0.2) is 0 Å². The van der Waals surface area contributed by atoms with Crippen LogP contribution < -0.4 is 10.2 Å². The number of anilines is 1. The van der Waals surface area contributed by atoms with E-state index < -0.39 is 0 Å². The Bertz CT molecular complexity index is 428. The van der Waals surface area contributed by atoms with Crippen molar-refractivity contribution in [2.75, 3.05) is 18.5 Å². The molecule has 1 unspecified atom stereocenters. The van der Waals surface area contributed by atoms with E-state index in [2.05, 4.69) is 25.2 Å². The molecule has 3 heteroatoms. The van der Waals surface area contributed by atoms with Gasteiger partial charge in [-0.15, -0.1) is 0 Å². The molecule has 3 nitrogen and oxygen atoms in total. The standard InChI is InChI=1S/C15H22N2O/c1-11(2)8-9-16-13-10-15(18)17(3)14-7-5-4-6-12(13)14/h4-7,11,13,16H,8-10H2,1-3H3. The van der Waals surface area contributed by atoms with E-state index in [0.717, 1.165) is 18.7 Å². The van der Waals surface area contributed by atoms with Crippen molar-refractivity contribution >= 4 is 11.6 Å². The van der Waals surface area contributed by atoms with Crippen molar-refractivity contribution in [2.24, 2.45) is 5.92 Å². The Morgan fingerprint density at radius 3 is 2.83 bits per heavy atom. The van der Waals surface area contributed by atoms with Gasteiger partial charge < -0.3 is 10.2 Å². The predicted molar refractivity (Wildman–Crippen MR) is 74.7 cm³/mol. The fourth-order valence-electron chi connectivity index (χ4n) is 2.37. The highest BCUT2D eigenvalue weighted by Crippen LogP contribution is 2.33. The molecule has 1 atom stereocenters. The third-order valence-electron chi connectivity index (χ3n) is 3.54. The summed E-state index contributed by atoms with van der Waals surface area (Å²) in [7, 11) is 1.85. The van der Waals surface area contributed by atoms with Gasteiger partial charge in [0.2, 0.25) is 5.91 Å². The maximum atomic E-state index is 12.0. The molecule has 0 saturated heterocycles. The summed E-state index contributed by atoms with van der Waals surface area (Å²) in [5.41, 5.74) is 2.28. The number of hydrogen-bond donors (Lipinski definition) is 1. The van der Waals surface area contributed by atoms with Gasteiger partial charge in [-0.1, -0.05) is 32.0 Å². The van der Waals surface area contributed by atoms with E-state index in [1.54, 1.807) is 4.90 Å². The first-order chi connectivity index (χ1) is 8.59. The van der Waals surface area contributed by atoms with Gasteiger partial charge in [0.05, 0.1) is 0 Å². The molecule has 0 bridgehead atoms. The molecule has 0 radical (unpaired) electrons. The number of nitrogens with zero attached hydrogens (tertiary/aromatic N) is 1. The fraction of sp³-hybridized carbons (Fsp3) is 0.533. The Hall–Kier alpha value is -1.35. The second-order valence-corrected chi connectivity index (χ2v) is 5.40. The molecular formula is C15H22N2O. The van der Waals surface area contributed by atoms with E-state index in [9.17, 15) is 4.79 Å². The van der Waals surface area contributed by atoms with Gasteiger partial charge in [0, 0.05) is 25.2 Å². The maximum Gasteiger partial charge on any atom is 0.228 e. The Morgan fingerprint density at radius 1 is 1.39 bits per heavy atom. The van der Waals surface area contributed by atoms with Gasteiger partial charge in [-0.2, -0.15) is 0 Å². The van der Waals surface area contributed by atoms with E-state index in [1.165, 1.54) is 5.56 Å². The number of fused-ring (bicyclic) bond motifs is 1. The van der Waals surface area contributed by atoms with Gasteiger partial charge in [-0.05, 0) is 30.5 Å². The van der Waals surface area contributed by atoms with Crippen LogP contribution in [-0.4, -0.2) is 19.5 Å². The predicted octanol–water partition coefficient (Wildman–Crippen LogP) is 2.73. The second kappa shape index (κ2) is 5.53. The van der Waals surface area contributed by atoms with Crippen molar-refractivity contribution in [2.45, 2.75) is 32.7 Å². The first-order valence-corrected chi connectivity index (χ1v) is 6.68. The number of rotatable bonds is 4. The van der Waals surface area contributed by atoms with Crippen LogP contribution in [0.2, 0.25) is 0 Å². The summed E-state index contributed by atoms with van der Waals surface area (Å²) in [6, 6.07) is 8.33. The van der Waals surface area contributed by atoms with Crippen LogP contribution in [0.1, 0.15) is 38.3 Å². The SMILES string of the molecule is CC(C)CCNC1CC(=O)N(C)c2ccccc21. The molecule has 18 heavy (non-hydrogen) atoms. The Kier molecular flexibility index (Phi) is 4.02. The van der Waals surface area contributed by atoms with Crippen LogP contribution in [0.4, 0.5) is 5.69 Å². The first-order valence-electron chi connectivity index (χ1n) is 6.68. The van der Waals surface area contributed by atoms with Crippen molar-refractivity contribution in [3.8, 4) is 0 Å². The largest absolute Gasteiger partial charge is 0.315 e. The summed E-state index contributed by atoms with van der Waals surface area (Å²) >= 11 is 0. The fourth-order valence-corrected chi connectivity index (χ4v) is 2.37. The highest BCUT2D eigenvalue weighted by molar-refractivity contribution is 5.96. The number of nitrogens with one attached hydrogen (secondary N) is 1. The minimum absolute atomic E-state index is 0.170. The minimum Gasteiger partial charge on any atom is -0.315 e. The minimum atomic E-state index is 0.170. The molecule has 0 spiro atoms. The lowest BCUT2D eigenvalue weighted by Crippen LogP contribution is -2.38. The number of para-hydroxylation sites is 1. The van der Waals surface area contributed by atoms with Gasteiger partial charge >= 0.3 is 0 Å². The van der Waals surface area contributed by atoms with Crippen LogP contribution >= 0.6 is 0 Å². The molecule has 1 heterocycles. The lowest BCUT2D eigenvalue weighted by Gasteiger charge is -2.32. The highest BCUT2D eigenvalue weighted by atomic mass is 16.2.